The van der Waals surface area contributed by atoms with Crippen molar-refractivity contribution in [1.29, 1.82) is 0 Å². The highest BCUT2D eigenvalue weighted by Gasteiger charge is 2.26. The van der Waals surface area contributed by atoms with Gasteiger partial charge in [0.15, 0.2) is 0 Å². The maximum absolute atomic E-state index is 11.3. The fourth-order valence-corrected chi connectivity index (χ4v) is 3.70. The maximum Gasteiger partial charge on any atom is 0.229 e. The Balaban J connectivity index is 2.10. The minimum atomic E-state index is -3.23. The molecule has 1 aliphatic rings. The lowest BCUT2D eigenvalue weighted by Gasteiger charge is -2.35. The molecule has 0 heterocycles. The van der Waals surface area contributed by atoms with E-state index in [4.69, 9.17) is 0 Å². The van der Waals surface area contributed by atoms with Gasteiger partial charge in [0.1, 0.15) is 0 Å². The van der Waals surface area contributed by atoms with Crippen LogP contribution in [0.15, 0.2) is 18.2 Å². The second-order valence-electron chi connectivity index (χ2n) is 6.42. The van der Waals surface area contributed by atoms with Crippen molar-refractivity contribution in [3.8, 4) is 0 Å². The highest BCUT2D eigenvalue weighted by molar-refractivity contribution is 7.92. The van der Waals surface area contributed by atoms with Crippen LogP contribution in [0.5, 0.6) is 0 Å². The Morgan fingerprint density at radius 3 is 2.52 bits per heavy atom. The molecule has 0 bridgehead atoms. The number of anilines is 2. The third-order valence-corrected chi connectivity index (χ3v) is 5.17. The highest BCUT2D eigenvalue weighted by Crippen LogP contribution is 2.32. The standard InChI is InChI=1S/C16H26N2O2S/c1-11-6-5-7-16(13(11)3)17-14-8-9-15(12(2)10-14)18-21(4,19)20/h8-11,13,16-18H,5-7H2,1-4H3. The van der Waals surface area contributed by atoms with Crippen molar-refractivity contribution in [2.24, 2.45) is 11.8 Å². The van der Waals surface area contributed by atoms with Crippen LogP contribution < -0.4 is 10.0 Å². The predicted molar refractivity (Wildman–Crippen MR) is 89.2 cm³/mol. The van der Waals surface area contributed by atoms with Crippen molar-refractivity contribution in [2.45, 2.75) is 46.1 Å². The smallest absolute Gasteiger partial charge is 0.229 e. The molecule has 0 aromatic heterocycles. The van der Waals surface area contributed by atoms with E-state index >= 15 is 0 Å². The van der Waals surface area contributed by atoms with Crippen molar-refractivity contribution in [3.63, 3.8) is 0 Å². The molecule has 0 amide bonds. The van der Waals surface area contributed by atoms with Crippen LogP contribution in [-0.4, -0.2) is 20.7 Å². The molecule has 0 aliphatic heterocycles. The molecule has 0 saturated heterocycles. The van der Waals surface area contributed by atoms with Crippen LogP contribution in [0, 0.1) is 18.8 Å². The first kappa shape index (κ1) is 16.1. The minimum absolute atomic E-state index is 0.502. The summed E-state index contributed by atoms with van der Waals surface area (Å²) in [7, 11) is -3.23. The first-order valence-electron chi connectivity index (χ1n) is 7.61. The number of hydrogen-bond acceptors (Lipinski definition) is 3. The molecule has 21 heavy (non-hydrogen) atoms. The zero-order valence-corrected chi connectivity index (χ0v) is 14.1. The van der Waals surface area contributed by atoms with Crippen molar-refractivity contribution < 1.29 is 8.42 Å². The number of nitrogens with one attached hydrogen (secondary N) is 2. The molecule has 118 valence electrons. The van der Waals surface area contributed by atoms with Crippen molar-refractivity contribution in [1.82, 2.24) is 0 Å². The van der Waals surface area contributed by atoms with Crippen LogP contribution in [0.25, 0.3) is 0 Å². The van der Waals surface area contributed by atoms with Gasteiger partial charge in [-0.25, -0.2) is 8.42 Å². The number of sulfonamides is 1. The average Bonchev–Trinajstić information content (AvgIpc) is 2.37. The van der Waals surface area contributed by atoms with Crippen LogP contribution in [-0.2, 0) is 10.0 Å². The predicted octanol–water partition coefficient (Wildman–Crippen LogP) is 3.60. The Bertz CT molecular complexity index is 598. The fourth-order valence-electron chi connectivity index (χ4n) is 3.07. The molecular formula is C16H26N2O2S. The van der Waals surface area contributed by atoms with Crippen molar-refractivity contribution in [2.75, 3.05) is 16.3 Å². The summed E-state index contributed by atoms with van der Waals surface area (Å²) in [6.45, 7) is 6.56. The van der Waals surface area contributed by atoms with Crippen LogP contribution >= 0.6 is 0 Å². The van der Waals surface area contributed by atoms with Gasteiger partial charge in [0.2, 0.25) is 10.0 Å². The molecule has 2 N–H and O–H groups in total. The Kier molecular flexibility index (Phi) is 4.81. The van der Waals surface area contributed by atoms with Gasteiger partial charge in [0.05, 0.1) is 11.9 Å². The Labute approximate surface area is 128 Å². The maximum atomic E-state index is 11.3. The summed E-state index contributed by atoms with van der Waals surface area (Å²) < 4.78 is 25.2. The lowest BCUT2D eigenvalue weighted by atomic mass is 9.78. The van der Waals surface area contributed by atoms with E-state index in [1.54, 1.807) is 0 Å². The van der Waals surface area contributed by atoms with E-state index in [1.807, 2.05) is 25.1 Å². The second kappa shape index (κ2) is 6.26. The van der Waals surface area contributed by atoms with Gasteiger partial charge in [-0.3, -0.25) is 4.72 Å². The molecule has 1 aliphatic carbocycles. The van der Waals surface area contributed by atoms with Gasteiger partial charge in [-0.05, 0) is 48.9 Å². The monoisotopic (exact) mass is 310 g/mol. The van der Waals surface area contributed by atoms with Gasteiger partial charge in [-0.15, -0.1) is 0 Å². The summed E-state index contributed by atoms with van der Waals surface area (Å²) in [5.41, 5.74) is 2.65. The van der Waals surface area contributed by atoms with E-state index in [2.05, 4.69) is 23.9 Å². The molecule has 3 unspecified atom stereocenters. The second-order valence-corrected chi connectivity index (χ2v) is 8.17. The van der Waals surface area contributed by atoms with Gasteiger partial charge >= 0.3 is 0 Å². The number of rotatable bonds is 4. The first-order chi connectivity index (χ1) is 9.76. The fraction of sp³-hybridized carbons (Fsp3) is 0.625. The number of benzene rings is 1. The highest BCUT2D eigenvalue weighted by atomic mass is 32.2. The summed E-state index contributed by atoms with van der Waals surface area (Å²) in [5, 5.41) is 3.61. The summed E-state index contributed by atoms with van der Waals surface area (Å²) in [4.78, 5) is 0. The topological polar surface area (TPSA) is 58.2 Å². The van der Waals surface area contributed by atoms with E-state index in [-0.39, 0.29) is 0 Å². The summed E-state index contributed by atoms with van der Waals surface area (Å²) in [6, 6.07) is 6.30. The Morgan fingerprint density at radius 1 is 1.19 bits per heavy atom. The summed E-state index contributed by atoms with van der Waals surface area (Å²) in [5.74, 6) is 1.41. The van der Waals surface area contributed by atoms with Gasteiger partial charge in [-0.1, -0.05) is 26.7 Å². The minimum Gasteiger partial charge on any atom is -0.382 e. The van der Waals surface area contributed by atoms with E-state index in [0.717, 1.165) is 17.2 Å². The van der Waals surface area contributed by atoms with E-state index in [1.165, 1.54) is 25.5 Å². The van der Waals surface area contributed by atoms with E-state index in [0.29, 0.717) is 17.6 Å². The van der Waals surface area contributed by atoms with Gasteiger partial charge < -0.3 is 5.32 Å². The molecule has 0 radical (unpaired) electrons. The van der Waals surface area contributed by atoms with Gasteiger partial charge in [-0.2, -0.15) is 0 Å². The Morgan fingerprint density at radius 2 is 1.90 bits per heavy atom. The molecule has 1 aromatic rings. The third-order valence-electron chi connectivity index (χ3n) is 4.58. The molecule has 2 rings (SSSR count). The van der Waals surface area contributed by atoms with Crippen molar-refractivity contribution >= 4 is 21.4 Å². The molecule has 3 atom stereocenters. The quantitative estimate of drug-likeness (QED) is 0.893. The van der Waals surface area contributed by atoms with E-state index < -0.39 is 10.0 Å². The van der Waals surface area contributed by atoms with Crippen LogP contribution in [0.4, 0.5) is 11.4 Å². The SMILES string of the molecule is Cc1cc(NC2CCCC(C)C2C)ccc1NS(C)(=O)=O. The average molecular weight is 310 g/mol. The normalized spacial score (nSPS) is 26.4. The largest absolute Gasteiger partial charge is 0.382 e. The first-order valence-corrected chi connectivity index (χ1v) is 9.50. The molecule has 1 fully saturated rings. The Hall–Kier alpha value is -1.23. The number of hydrogen-bond donors (Lipinski definition) is 2. The van der Waals surface area contributed by atoms with Crippen LogP contribution in [0.2, 0.25) is 0 Å². The van der Waals surface area contributed by atoms with Crippen LogP contribution in [0.1, 0.15) is 38.7 Å². The molecule has 4 nitrogen and oxygen atoms in total. The van der Waals surface area contributed by atoms with Gasteiger partial charge in [0.25, 0.3) is 0 Å². The summed E-state index contributed by atoms with van der Waals surface area (Å²) >= 11 is 0. The zero-order valence-electron chi connectivity index (χ0n) is 13.3. The summed E-state index contributed by atoms with van der Waals surface area (Å²) in [6.07, 6.45) is 4.96. The van der Waals surface area contributed by atoms with Crippen molar-refractivity contribution in [3.05, 3.63) is 23.8 Å². The molecule has 1 saturated carbocycles. The lowest BCUT2D eigenvalue weighted by molar-refractivity contribution is 0.253. The third kappa shape index (κ3) is 4.37. The van der Waals surface area contributed by atoms with Gasteiger partial charge in [0, 0.05) is 11.7 Å². The molecule has 1 aromatic carbocycles. The molecule has 5 heteroatoms. The zero-order chi connectivity index (χ0) is 15.6. The molecular weight excluding hydrogens is 284 g/mol. The lowest BCUT2D eigenvalue weighted by Crippen LogP contribution is -2.35. The van der Waals surface area contributed by atoms with E-state index in [9.17, 15) is 8.42 Å². The van der Waals surface area contributed by atoms with Crippen LogP contribution in [0.3, 0.4) is 0 Å². The molecule has 0 spiro atoms. The number of aryl methyl sites for hydroxylation is 1.